The smallest absolute Gasteiger partial charge is 0.243 e. The predicted molar refractivity (Wildman–Crippen MR) is 71.8 cm³/mol. The Morgan fingerprint density at radius 3 is 2.21 bits per heavy atom. The van der Waals surface area contributed by atoms with Crippen LogP contribution < -0.4 is 5.73 Å². The third-order valence-electron chi connectivity index (χ3n) is 4.18. The minimum atomic E-state index is -1.02. The van der Waals surface area contributed by atoms with Crippen molar-refractivity contribution in [1.82, 2.24) is 4.90 Å². The van der Waals surface area contributed by atoms with Crippen LogP contribution in [-0.4, -0.2) is 29.3 Å². The van der Waals surface area contributed by atoms with Crippen molar-refractivity contribution in [2.75, 3.05) is 6.54 Å². The van der Waals surface area contributed by atoms with Crippen molar-refractivity contribution in [3.8, 4) is 6.07 Å². The normalized spacial score (nSPS) is 16.1. The summed E-state index contributed by atoms with van der Waals surface area (Å²) in [5, 5.41) is 9.36. The zero-order chi connectivity index (χ0) is 14.5. The van der Waals surface area contributed by atoms with E-state index in [1.165, 1.54) is 0 Å². The number of nitrogens with two attached hydrogens (primary N) is 1. The molecule has 0 radical (unpaired) electrons. The number of primary amides is 1. The average Bonchev–Trinajstić information content (AvgIpc) is 2.92. The first-order chi connectivity index (χ1) is 9.00. The minimum absolute atomic E-state index is 0.0609. The molecule has 0 unspecified atom stereocenters. The van der Waals surface area contributed by atoms with Crippen molar-refractivity contribution in [2.45, 2.75) is 58.4 Å². The van der Waals surface area contributed by atoms with Gasteiger partial charge in [0.2, 0.25) is 11.8 Å². The molecule has 0 heterocycles. The lowest BCUT2D eigenvalue weighted by atomic mass is 9.82. The van der Waals surface area contributed by atoms with Crippen molar-refractivity contribution < 1.29 is 9.59 Å². The van der Waals surface area contributed by atoms with Crippen LogP contribution in [0.5, 0.6) is 0 Å². The molecule has 0 aromatic heterocycles. The number of carbonyl (C=O) groups is 2. The number of nitriles is 1. The molecule has 19 heavy (non-hydrogen) atoms. The molecule has 1 fully saturated rings. The van der Waals surface area contributed by atoms with Crippen LogP contribution >= 0.6 is 0 Å². The van der Waals surface area contributed by atoms with Crippen LogP contribution in [-0.2, 0) is 9.59 Å². The van der Waals surface area contributed by atoms with Gasteiger partial charge in [-0.2, -0.15) is 5.26 Å². The van der Waals surface area contributed by atoms with Crippen molar-refractivity contribution in [3.63, 3.8) is 0 Å². The second kappa shape index (κ2) is 6.55. The fourth-order valence-electron chi connectivity index (χ4n) is 2.78. The van der Waals surface area contributed by atoms with Gasteiger partial charge in [-0.1, -0.05) is 26.7 Å². The van der Waals surface area contributed by atoms with Gasteiger partial charge in [-0.25, -0.2) is 0 Å². The van der Waals surface area contributed by atoms with Gasteiger partial charge in [0, 0.05) is 6.04 Å². The molecule has 0 saturated heterocycles. The van der Waals surface area contributed by atoms with Gasteiger partial charge in [0.05, 0.1) is 12.6 Å². The van der Waals surface area contributed by atoms with Crippen LogP contribution in [0.4, 0.5) is 0 Å². The van der Waals surface area contributed by atoms with E-state index < -0.39 is 11.3 Å². The molecule has 2 amide bonds. The molecule has 0 bridgehead atoms. The number of nitrogens with zero attached hydrogens (tertiary/aromatic N) is 2. The lowest BCUT2D eigenvalue weighted by Gasteiger charge is -2.34. The maximum Gasteiger partial charge on any atom is 0.243 e. The summed E-state index contributed by atoms with van der Waals surface area (Å²) in [4.78, 5) is 25.4. The topological polar surface area (TPSA) is 87.2 Å². The molecule has 1 saturated carbocycles. The van der Waals surface area contributed by atoms with Crippen LogP contribution in [0, 0.1) is 16.7 Å². The molecule has 1 aliphatic carbocycles. The Bertz CT molecular complexity index is 377. The van der Waals surface area contributed by atoms with Crippen molar-refractivity contribution in [2.24, 2.45) is 11.1 Å². The molecule has 0 aromatic carbocycles. The van der Waals surface area contributed by atoms with Crippen molar-refractivity contribution in [3.05, 3.63) is 0 Å². The maximum atomic E-state index is 12.7. The summed E-state index contributed by atoms with van der Waals surface area (Å²) < 4.78 is 0. The molecule has 0 atom stereocenters. The molecule has 5 heteroatoms. The first kappa shape index (κ1) is 15.5. The molecule has 2 N–H and O–H groups in total. The van der Waals surface area contributed by atoms with E-state index in [0.29, 0.717) is 12.8 Å². The lowest BCUT2D eigenvalue weighted by molar-refractivity contribution is -0.144. The molecule has 5 nitrogen and oxygen atoms in total. The van der Waals surface area contributed by atoms with Gasteiger partial charge >= 0.3 is 0 Å². The first-order valence-corrected chi connectivity index (χ1v) is 7.01. The predicted octanol–water partition coefficient (Wildman–Crippen LogP) is 1.57. The number of carbonyl (C=O) groups excluding carboxylic acids is 2. The average molecular weight is 265 g/mol. The van der Waals surface area contributed by atoms with E-state index in [1.54, 1.807) is 4.90 Å². The van der Waals surface area contributed by atoms with Gasteiger partial charge in [0.1, 0.15) is 5.41 Å². The summed E-state index contributed by atoms with van der Waals surface area (Å²) in [5.41, 5.74) is 4.23. The van der Waals surface area contributed by atoms with E-state index >= 15 is 0 Å². The van der Waals surface area contributed by atoms with Crippen LogP contribution in [0.25, 0.3) is 0 Å². The Kier molecular flexibility index (Phi) is 5.34. The largest absolute Gasteiger partial charge is 0.368 e. The van der Waals surface area contributed by atoms with Crippen LogP contribution in [0.2, 0.25) is 0 Å². The summed E-state index contributed by atoms with van der Waals surface area (Å²) in [6, 6.07) is 2.21. The van der Waals surface area contributed by atoms with Gasteiger partial charge in [0.15, 0.2) is 0 Å². The summed E-state index contributed by atoms with van der Waals surface area (Å²) in [6.45, 7) is 3.59. The first-order valence-electron chi connectivity index (χ1n) is 7.01. The molecule has 1 aliphatic rings. The Morgan fingerprint density at radius 2 is 1.84 bits per heavy atom. The summed E-state index contributed by atoms with van der Waals surface area (Å²) in [6.07, 6.45) is 4.83. The zero-order valence-corrected chi connectivity index (χ0v) is 11.8. The fraction of sp³-hybridized carbons (Fsp3) is 0.786. The van der Waals surface area contributed by atoms with E-state index in [0.717, 1.165) is 25.7 Å². The van der Waals surface area contributed by atoms with E-state index in [9.17, 15) is 14.9 Å². The van der Waals surface area contributed by atoms with E-state index in [4.69, 9.17) is 5.73 Å². The van der Waals surface area contributed by atoms with E-state index in [2.05, 4.69) is 6.07 Å². The van der Waals surface area contributed by atoms with E-state index in [-0.39, 0.29) is 18.5 Å². The second-order valence-corrected chi connectivity index (χ2v) is 5.24. The van der Waals surface area contributed by atoms with Gasteiger partial charge in [-0.05, 0) is 25.7 Å². The SMILES string of the molecule is CCC(C#N)(CC)C(=O)N(CC(N)=O)C1CCCC1. The minimum Gasteiger partial charge on any atom is -0.368 e. The number of amides is 2. The third kappa shape index (κ3) is 3.25. The Hall–Kier alpha value is -1.57. The number of rotatable bonds is 6. The fourth-order valence-corrected chi connectivity index (χ4v) is 2.78. The number of hydrogen-bond acceptors (Lipinski definition) is 3. The molecular weight excluding hydrogens is 242 g/mol. The maximum absolute atomic E-state index is 12.7. The van der Waals surface area contributed by atoms with Gasteiger partial charge in [-0.15, -0.1) is 0 Å². The van der Waals surface area contributed by atoms with Crippen molar-refractivity contribution in [1.29, 1.82) is 5.26 Å². The molecule has 1 rings (SSSR count). The highest BCUT2D eigenvalue weighted by atomic mass is 16.2. The highest BCUT2D eigenvalue weighted by molar-refractivity contribution is 5.89. The number of hydrogen-bond donors (Lipinski definition) is 1. The molecule has 0 aromatic rings. The van der Waals surface area contributed by atoms with Gasteiger partial charge < -0.3 is 10.6 Å². The quantitative estimate of drug-likeness (QED) is 0.790. The molecular formula is C14H23N3O2. The summed E-state index contributed by atoms with van der Waals surface area (Å²) in [5.74, 6) is -0.745. The Labute approximate surface area is 114 Å². The highest BCUT2D eigenvalue weighted by Gasteiger charge is 2.41. The zero-order valence-electron chi connectivity index (χ0n) is 11.8. The standard InChI is InChI=1S/C14H23N3O2/c1-3-14(4-2,10-15)13(19)17(9-12(16)18)11-7-5-6-8-11/h11H,3-9H2,1-2H3,(H2,16,18). The van der Waals surface area contributed by atoms with E-state index in [1.807, 2.05) is 13.8 Å². The van der Waals surface area contributed by atoms with Gasteiger partial charge in [0.25, 0.3) is 0 Å². The van der Waals surface area contributed by atoms with Crippen LogP contribution in [0.1, 0.15) is 52.4 Å². The molecule has 106 valence electrons. The Balaban J connectivity index is 2.99. The third-order valence-corrected chi connectivity index (χ3v) is 4.18. The monoisotopic (exact) mass is 265 g/mol. The highest BCUT2D eigenvalue weighted by Crippen LogP contribution is 2.32. The second-order valence-electron chi connectivity index (χ2n) is 5.24. The summed E-state index contributed by atoms with van der Waals surface area (Å²) in [7, 11) is 0. The molecule has 0 aliphatic heterocycles. The Morgan fingerprint density at radius 1 is 1.32 bits per heavy atom. The molecule has 0 spiro atoms. The van der Waals surface area contributed by atoms with Crippen LogP contribution in [0.3, 0.4) is 0 Å². The lowest BCUT2D eigenvalue weighted by Crippen LogP contribution is -2.50. The van der Waals surface area contributed by atoms with Crippen LogP contribution in [0.15, 0.2) is 0 Å². The van der Waals surface area contributed by atoms with Gasteiger partial charge in [-0.3, -0.25) is 9.59 Å². The van der Waals surface area contributed by atoms with Crippen molar-refractivity contribution >= 4 is 11.8 Å². The summed E-state index contributed by atoms with van der Waals surface area (Å²) >= 11 is 0.